The molecule has 0 aliphatic rings. The summed E-state index contributed by atoms with van der Waals surface area (Å²) in [6.45, 7) is 0. The number of rotatable bonds is 1. The van der Waals surface area contributed by atoms with Crippen LogP contribution in [0.25, 0.3) is 0 Å². The monoisotopic (exact) mass is 126 g/mol. The number of carboxylic acid groups (broad SMARTS) is 1. The largest absolute Gasteiger partial charge is 0.478 e. The third-order valence-corrected chi connectivity index (χ3v) is 1.02. The first-order chi connectivity index (χ1) is 4.30. The van der Waals surface area contributed by atoms with E-state index in [2.05, 4.69) is 0 Å². The minimum Gasteiger partial charge on any atom is -0.478 e. The molecule has 1 aromatic carbocycles. The molecule has 0 saturated carbocycles. The third-order valence-electron chi connectivity index (χ3n) is 1.02. The van der Waals surface area contributed by atoms with Crippen molar-refractivity contribution >= 4 is 5.97 Å². The van der Waals surface area contributed by atoms with Crippen molar-refractivity contribution in [3.05, 3.63) is 35.9 Å². The minimum atomic E-state index is -0.879. The van der Waals surface area contributed by atoms with E-state index in [1.54, 1.807) is 30.3 Å². The van der Waals surface area contributed by atoms with E-state index in [0.29, 0.717) is 5.56 Å². The Morgan fingerprint density at radius 2 is 1.70 bits per heavy atom. The number of hydrogen-bond donors (Lipinski definition) is 1. The standard InChI is InChI=1S/C7H6O2.He/c8-7(9)6-4-2-1-3-5-6;/h1-5H,(H,8,9);. The van der Waals surface area contributed by atoms with Crippen LogP contribution in [0.4, 0.5) is 0 Å². The second-order valence-corrected chi connectivity index (χ2v) is 1.67. The van der Waals surface area contributed by atoms with E-state index in [1.165, 1.54) is 0 Å². The molecule has 0 saturated heterocycles. The summed E-state index contributed by atoms with van der Waals surface area (Å²) in [6, 6.07) is 8.30. The average Bonchev–Trinajstić information content (AvgIpc) is 1.90. The number of hydrogen-bond acceptors (Lipinski definition) is 1. The van der Waals surface area contributed by atoms with E-state index in [9.17, 15) is 4.79 Å². The van der Waals surface area contributed by atoms with Crippen LogP contribution in [0.5, 0.6) is 0 Å². The summed E-state index contributed by atoms with van der Waals surface area (Å²) in [6.07, 6.45) is 0. The van der Waals surface area contributed by atoms with Crippen molar-refractivity contribution < 1.29 is 16.1 Å². The molecule has 1 rings (SSSR count). The molecule has 0 aliphatic carbocycles. The van der Waals surface area contributed by atoms with Crippen LogP contribution >= 0.6 is 0 Å². The van der Waals surface area contributed by atoms with E-state index < -0.39 is 5.97 Å². The number of benzene rings is 1. The van der Waals surface area contributed by atoms with Gasteiger partial charge in [-0.05, 0) is 12.1 Å². The summed E-state index contributed by atoms with van der Waals surface area (Å²) in [5.41, 5.74) is 0.331. The van der Waals surface area contributed by atoms with Gasteiger partial charge in [0.25, 0.3) is 0 Å². The maximum absolute atomic E-state index is 10.2. The van der Waals surface area contributed by atoms with E-state index in [-0.39, 0.29) is 6.15 Å². The molecule has 0 bridgehead atoms. The van der Waals surface area contributed by atoms with Gasteiger partial charge in [0.1, 0.15) is 0 Å². The molecule has 1 N–H and O–H groups in total. The predicted octanol–water partition coefficient (Wildman–Crippen LogP) is 1.38. The molecule has 0 aliphatic heterocycles. The van der Waals surface area contributed by atoms with Crippen molar-refractivity contribution in [2.24, 2.45) is 0 Å². The van der Waals surface area contributed by atoms with Crippen molar-refractivity contribution in [3.8, 4) is 0 Å². The summed E-state index contributed by atoms with van der Waals surface area (Å²) >= 11 is 0. The molecule has 0 spiro atoms. The maximum atomic E-state index is 10.2. The summed E-state index contributed by atoms with van der Waals surface area (Å²) in [5.74, 6) is -0.879. The molecule has 3 heteroatoms. The zero-order chi connectivity index (χ0) is 6.69. The van der Waals surface area contributed by atoms with Crippen molar-refractivity contribution in [2.45, 2.75) is 0 Å². The van der Waals surface area contributed by atoms with Crippen LogP contribution < -0.4 is 0 Å². The fourth-order valence-electron chi connectivity index (χ4n) is 0.581. The number of aromatic carboxylic acids is 1. The molecule has 0 aromatic heterocycles. The molecular formula is C7H6HeO2. The van der Waals surface area contributed by atoms with Gasteiger partial charge in [-0.2, -0.15) is 0 Å². The van der Waals surface area contributed by atoms with Crippen LogP contribution in [-0.2, 0) is 0 Å². The Bertz CT molecular complexity index is 208. The molecule has 0 atom stereocenters. The third kappa shape index (κ3) is 1.84. The summed E-state index contributed by atoms with van der Waals surface area (Å²) in [5, 5.41) is 8.38. The van der Waals surface area contributed by atoms with Gasteiger partial charge in [-0.15, -0.1) is 0 Å². The predicted molar refractivity (Wildman–Crippen MR) is 33.4 cm³/mol. The van der Waals surface area contributed by atoms with Crippen LogP contribution in [0.1, 0.15) is 10.4 Å². The normalized spacial score (nSPS) is 8.00. The number of carbonyl (C=O) groups is 1. The Hall–Kier alpha value is -1.40. The van der Waals surface area contributed by atoms with Crippen LogP contribution in [0, 0.1) is 6.15 Å². The molecule has 0 fully saturated rings. The van der Waals surface area contributed by atoms with E-state index >= 15 is 0 Å². The molecule has 1 aromatic rings. The Balaban J connectivity index is 0.000000810. The van der Waals surface area contributed by atoms with Crippen LogP contribution in [0.2, 0.25) is 0 Å². The van der Waals surface area contributed by atoms with Crippen molar-refractivity contribution in [1.82, 2.24) is 0 Å². The van der Waals surface area contributed by atoms with Gasteiger partial charge in [0.2, 0.25) is 0 Å². The molecule has 10 heavy (non-hydrogen) atoms. The zero-order valence-corrected chi connectivity index (χ0v) is 5.45. The molecule has 2 nitrogen and oxygen atoms in total. The topological polar surface area (TPSA) is 37.3 Å². The van der Waals surface area contributed by atoms with Crippen LogP contribution in [-0.4, -0.2) is 11.1 Å². The Labute approximate surface area is 58.9 Å². The average molecular weight is 126 g/mol. The van der Waals surface area contributed by atoms with Crippen LogP contribution in [0.15, 0.2) is 30.3 Å². The van der Waals surface area contributed by atoms with Gasteiger partial charge in [0.05, 0.1) is 5.56 Å². The SMILES string of the molecule is O=C(O)c1ccccc1.[He]. The second-order valence-electron chi connectivity index (χ2n) is 1.67. The molecule has 0 unspecified atom stereocenters. The maximum Gasteiger partial charge on any atom is 0.335 e. The Morgan fingerprint density at radius 1 is 1.20 bits per heavy atom. The second kappa shape index (κ2) is 3.59. The van der Waals surface area contributed by atoms with E-state index in [1.807, 2.05) is 0 Å². The van der Waals surface area contributed by atoms with Gasteiger partial charge in [-0.25, -0.2) is 4.79 Å². The molecular weight excluding hydrogens is 120 g/mol. The van der Waals surface area contributed by atoms with E-state index in [4.69, 9.17) is 5.11 Å². The van der Waals surface area contributed by atoms with Gasteiger partial charge in [-0.3, -0.25) is 0 Å². The Morgan fingerprint density at radius 3 is 2.00 bits per heavy atom. The van der Waals surface area contributed by atoms with Gasteiger partial charge in [0, 0.05) is 6.15 Å². The molecule has 0 heterocycles. The fourth-order valence-corrected chi connectivity index (χ4v) is 0.581. The van der Waals surface area contributed by atoms with Gasteiger partial charge in [0.15, 0.2) is 0 Å². The van der Waals surface area contributed by atoms with E-state index in [0.717, 1.165) is 0 Å². The van der Waals surface area contributed by atoms with Crippen molar-refractivity contribution in [1.29, 1.82) is 0 Å². The molecule has 0 radical (unpaired) electrons. The van der Waals surface area contributed by atoms with Gasteiger partial charge < -0.3 is 5.11 Å². The van der Waals surface area contributed by atoms with Crippen LogP contribution in [0.3, 0.4) is 0 Å². The van der Waals surface area contributed by atoms with Gasteiger partial charge >= 0.3 is 5.97 Å². The fraction of sp³-hybridized carbons (Fsp3) is 0. The summed E-state index contributed by atoms with van der Waals surface area (Å²) < 4.78 is 0. The number of carboxylic acids is 1. The van der Waals surface area contributed by atoms with Crippen molar-refractivity contribution in [3.63, 3.8) is 0 Å². The first-order valence-electron chi connectivity index (χ1n) is 2.59. The Kier molecular flexibility index (Phi) is 3.09. The van der Waals surface area contributed by atoms with Gasteiger partial charge in [-0.1, -0.05) is 18.2 Å². The zero-order valence-electron chi connectivity index (χ0n) is 5.45. The first kappa shape index (κ1) is 8.60. The molecule has 48 valence electrons. The minimum absolute atomic E-state index is 0. The van der Waals surface area contributed by atoms with Crippen molar-refractivity contribution in [2.75, 3.05) is 0 Å². The first-order valence-corrected chi connectivity index (χ1v) is 2.59. The summed E-state index contributed by atoms with van der Waals surface area (Å²) in [7, 11) is 0. The summed E-state index contributed by atoms with van der Waals surface area (Å²) in [4.78, 5) is 10.2. The molecule has 0 amide bonds. The quantitative estimate of drug-likeness (QED) is 0.617. The smallest absolute Gasteiger partial charge is 0.335 e.